The topological polar surface area (TPSA) is 52.6 Å². The summed E-state index contributed by atoms with van der Waals surface area (Å²) >= 11 is 5.81. The van der Waals surface area contributed by atoms with Crippen LogP contribution in [0, 0.1) is 0 Å². The lowest BCUT2D eigenvalue weighted by Crippen LogP contribution is -2.24. The second-order valence-corrected chi connectivity index (χ2v) is 9.76. The van der Waals surface area contributed by atoms with Crippen molar-refractivity contribution in [1.82, 2.24) is 0 Å². The molecule has 0 bridgehead atoms. The molecular weight excluding hydrogens is 412 g/mol. The summed E-state index contributed by atoms with van der Waals surface area (Å²) in [5.41, 5.74) is 0.598. The summed E-state index contributed by atoms with van der Waals surface area (Å²) in [6, 6.07) is 5.27. The van der Waals surface area contributed by atoms with Crippen LogP contribution in [0.4, 0.5) is 0 Å². The summed E-state index contributed by atoms with van der Waals surface area (Å²) < 4.78 is 11.3. The van der Waals surface area contributed by atoms with Gasteiger partial charge in [0.2, 0.25) is 0 Å². The number of hydrogen-bond acceptors (Lipinski definition) is 4. The molecule has 0 amide bonds. The van der Waals surface area contributed by atoms with Crippen LogP contribution in [0.5, 0.6) is 11.5 Å². The molecule has 0 aromatic heterocycles. The number of rotatable bonds is 15. The van der Waals surface area contributed by atoms with Gasteiger partial charge in [0.05, 0.1) is 0 Å². The molecule has 0 fully saturated rings. The normalized spacial score (nSPS) is 12.5. The minimum atomic E-state index is -0.664. The van der Waals surface area contributed by atoms with Gasteiger partial charge in [-0.2, -0.15) is 0 Å². The Balaban J connectivity index is 2.54. The lowest BCUT2D eigenvalue weighted by Gasteiger charge is -2.24. The van der Waals surface area contributed by atoms with Gasteiger partial charge in [-0.1, -0.05) is 85.5 Å². The zero-order valence-electron chi connectivity index (χ0n) is 20.1. The van der Waals surface area contributed by atoms with Crippen LogP contribution in [-0.4, -0.2) is 17.3 Å². The van der Waals surface area contributed by atoms with Gasteiger partial charge in [0.15, 0.2) is 6.10 Å². The van der Waals surface area contributed by atoms with Crippen molar-refractivity contribution in [3.63, 3.8) is 0 Å². The number of unbranched alkanes of at least 4 members (excludes halogenated alkanes) is 9. The lowest BCUT2D eigenvalue weighted by molar-refractivity contribution is -0.132. The van der Waals surface area contributed by atoms with Crippen molar-refractivity contribution in [2.75, 3.05) is 0 Å². The number of esters is 1. The van der Waals surface area contributed by atoms with Gasteiger partial charge in [0.1, 0.15) is 11.5 Å². The van der Waals surface area contributed by atoms with Crippen LogP contribution in [0.3, 0.4) is 0 Å². The first kappa shape index (κ1) is 27.5. The summed E-state index contributed by atoms with van der Waals surface area (Å²) in [6.07, 6.45) is 12.3. The molecule has 176 valence electrons. The molecular formula is C26H41ClO4. The minimum Gasteiger partial charge on any atom is -0.481 e. The van der Waals surface area contributed by atoms with Gasteiger partial charge in [-0.3, -0.25) is 9.59 Å². The maximum atomic E-state index is 11.9. The molecule has 0 spiro atoms. The Morgan fingerprint density at radius 1 is 0.935 bits per heavy atom. The molecule has 1 aromatic carbocycles. The van der Waals surface area contributed by atoms with Crippen molar-refractivity contribution in [3.8, 4) is 11.5 Å². The van der Waals surface area contributed by atoms with E-state index in [0.717, 1.165) is 18.4 Å². The molecule has 1 rings (SSSR count). The van der Waals surface area contributed by atoms with E-state index in [1.807, 2.05) is 26.8 Å². The number of carbonyl (C=O) groups excluding carboxylic acids is 2. The predicted octanol–water partition coefficient (Wildman–Crippen LogP) is 7.73. The van der Waals surface area contributed by atoms with E-state index >= 15 is 0 Å². The summed E-state index contributed by atoms with van der Waals surface area (Å²) in [5.74, 6) is 0.705. The number of halogens is 1. The molecule has 0 radical (unpaired) electrons. The fraction of sp³-hybridized carbons (Fsp3) is 0.692. The van der Waals surface area contributed by atoms with E-state index in [0.29, 0.717) is 17.9 Å². The van der Waals surface area contributed by atoms with Crippen LogP contribution >= 0.6 is 11.6 Å². The third kappa shape index (κ3) is 11.6. The zero-order valence-corrected chi connectivity index (χ0v) is 20.9. The van der Waals surface area contributed by atoms with Gasteiger partial charge in [-0.05, 0) is 48.1 Å². The van der Waals surface area contributed by atoms with Crippen molar-refractivity contribution in [1.29, 1.82) is 0 Å². The smallest absolute Gasteiger partial charge is 0.308 e. The van der Waals surface area contributed by atoms with Crippen molar-refractivity contribution >= 4 is 22.8 Å². The second-order valence-electron chi connectivity index (χ2n) is 9.38. The Hall–Kier alpha value is -1.55. The standard InChI is InChI=1S/C26H41ClO4/c1-6-7-8-9-10-11-12-13-14-15-16-24(25(27)29)31-21-17-18-23(30-20(2)28)22(19-21)26(3,4)5/h17-19,24H,6-16H2,1-5H3. The summed E-state index contributed by atoms with van der Waals surface area (Å²) in [7, 11) is 0. The average molecular weight is 453 g/mol. The highest BCUT2D eigenvalue weighted by Crippen LogP contribution is 2.35. The van der Waals surface area contributed by atoms with Crippen LogP contribution in [-0.2, 0) is 15.0 Å². The Morgan fingerprint density at radius 3 is 1.97 bits per heavy atom. The molecule has 4 nitrogen and oxygen atoms in total. The highest BCUT2D eigenvalue weighted by molar-refractivity contribution is 6.64. The first-order chi connectivity index (χ1) is 14.6. The number of hydrogen-bond donors (Lipinski definition) is 0. The molecule has 31 heavy (non-hydrogen) atoms. The van der Waals surface area contributed by atoms with Crippen LogP contribution in [0.1, 0.15) is 111 Å². The van der Waals surface area contributed by atoms with Crippen molar-refractivity contribution in [3.05, 3.63) is 23.8 Å². The zero-order chi connectivity index (χ0) is 23.3. The maximum absolute atomic E-state index is 11.9. The van der Waals surface area contributed by atoms with Crippen LogP contribution < -0.4 is 9.47 Å². The molecule has 1 aromatic rings. The average Bonchev–Trinajstić information content (AvgIpc) is 2.68. The molecule has 1 atom stereocenters. The van der Waals surface area contributed by atoms with Crippen LogP contribution in [0.15, 0.2) is 18.2 Å². The number of carbonyl (C=O) groups is 2. The maximum Gasteiger partial charge on any atom is 0.308 e. The van der Waals surface area contributed by atoms with Crippen molar-refractivity contribution in [2.24, 2.45) is 0 Å². The molecule has 0 saturated heterocycles. The van der Waals surface area contributed by atoms with Gasteiger partial charge < -0.3 is 9.47 Å². The fourth-order valence-electron chi connectivity index (χ4n) is 3.61. The van der Waals surface area contributed by atoms with E-state index in [1.54, 1.807) is 12.1 Å². The van der Waals surface area contributed by atoms with Crippen LogP contribution in [0.25, 0.3) is 0 Å². The Morgan fingerprint density at radius 2 is 1.48 bits per heavy atom. The first-order valence-electron chi connectivity index (χ1n) is 11.8. The second kappa shape index (κ2) is 14.5. The first-order valence-corrected chi connectivity index (χ1v) is 12.2. The van der Waals surface area contributed by atoms with E-state index in [2.05, 4.69) is 6.92 Å². The van der Waals surface area contributed by atoms with Gasteiger partial charge >= 0.3 is 5.97 Å². The minimum absolute atomic E-state index is 0.249. The summed E-state index contributed by atoms with van der Waals surface area (Å²) in [5, 5.41) is -0.475. The van der Waals surface area contributed by atoms with Crippen LogP contribution in [0.2, 0.25) is 0 Å². The molecule has 0 N–H and O–H groups in total. The highest BCUT2D eigenvalue weighted by Gasteiger charge is 2.23. The van der Waals surface area contributed by atoms with Gasteiger partial charge in [0.25, 0.3) is 5.24 Å². The summed E-state index contributed by atoms with van der Waals surface area (Å²) in [6.45, 7) is 9.73. The largest absolute Gasteiger partial charge is 0.481 e. The van der Waals surface area contributed by atoms with Crippen molar-refractivity contribution < 1.29 is 19.1 Å². The molecule has 0 aliphatic carbocycles. The van der Waals surface area contributed by atoms with E-state index in [-0.39, 0.29) is 11.4 Å². The monoisotopic (exact) mass is 452 g/mol. The highest BCUT2D eigenvalue weighted by atomic mass is 35.5. The number of benzene rings is 1. The quantitative estimate of drug-likeness (QED) is 0.118. The summed E-state index contributed by atoms with van der Waals surface area (Å²) in [4.78, 5) is 23.3. The molecule has 0 aliphatic rings. The third-order valence-electron chi connectivity index (χ3n) is 5.36. The van der Waals surface area contributed by atoms with Gasteiger partial charge in [-0.25, -0.2) is 0 Å². The van der Waals surface area contributed by atoms with E-state index in [4.69, 9.17) is 21.1 Å². The lowest BCUT2D eigenvalue weighted by atomic mass is 9.86. The SMILES string of the molecule is CCCCCCCCCCCCC(Oc1ccc(OC(C)=O)c(C(C)(C)C)c1)C(=O)Cl. The Bertz CT molecular complexity index is 678. The molecule has 1 unspecified atom stereocenters. The molecule has 5 heteroatoms. The van der Waals surface area contributed by atoms with Crippen molar-refractivity contribution in [2.45, 2.75) is 117 Å². The van der Waals surface area contributed by atoms with Gasteiger partial charge in [-0.15, -0.1) is 0 Å². The fourth-order valence-corrected chi connectivity index (χ4v) is 3.77. The van der Waals surface area contributed by atoms with E-state index in [9.17, 15) is 9.59 Å². The molecule has 0 saturated carbocycles. The predicted molar refractivity (Wildman–Crippen MR) is 128 cm³/mol. The molecule has 0 aliphatic heterocycles. The Kier molecular flexibility index (Phi) is 12.9. The van der Waals surface area contributed by atoms with E-state index in [1.165, 1.54) is 58.3 Å². The van der Waals surface area contributed by atoms with Gasteiger partial charge in [0, 0.05) is 12.5 Å². The third-order valence-corrected chi connectivity index (χ3v) is 5.61. The Labute approximate surface area is 194 Å². The molecule has 0 heterocycles. The number of ether oxygens (including phenoxy) is 2. The van der Waals surface area contributed by atoms with E-state index < -0.39 is 11.3 Å².